The highest BCUT2D eigenvalue weighted by atomic mass is 35.5. The van der Waals surface area contributed by atoms with Crippen molar-refractivity contribution in [2.75, 3.05) is 14.1 Å². The fourth-order valence-corrected chi connectivity index (χ4v) is 2.98. The Morgan fingerprint density at radius 1 is 1.37 bits per heavy atom. The zero-order valence-electron chi connectivity index (χ0n) is 12.0. The SMILES string of the molecule is CCC(CC)(C(NN)c1ccc(Cl)cc1F)N(C)C. The summed E-state index contributed by atoms with van der Waals surface area (Å²) in [5.74, 6) is 5.38. The molecule has 3 nitrogen and oxygen atoms in total. The fourth-order valence-electron chi connectivity index (χ4n) is 2.82. The predicted octanol–water partition coefficient (Wildman–Crippen LogP) is 3.10. The van der Waals surface area contributed by atoms with E-state index in [1.165, 1.54) is 6.07 Å². The van der Waals surface area contributed by atoms with Gasteiger partial charge in [-0.3, -0.25) is 11.3 Å². The van der Waals surface area contributed by atoms with Gasteiger partial charge in [-0.25, -0.2) is 4.39 Å². The lowest BCUT2D eigenvalue weighted by Crippen LogP contribution is -2.54. The van der Waals surface area contributed by atoms with Gasteiger partial charge in [-0.1, -0.05) is 31.5 Å². The predicted molar refractivity (Wildman–Crippen MR) is 78.5 cm³/mol. The number of nitrogens with zero attached hydrogens (tertiary/aromatic N) is 1. The van der Waals surface area contributed by atoms with Crippen LogP contribution in [-0.2, 0) is 0 Å². The lowest BCUT2D eigenvalue weighted by molar-refractivity contribution is 0.0865. The Balaban J connectivity index is 3.31. The highest BCUT2D eigenvalue weighted by Gasteiger charge is 2.39. The molecule has 0 saturated carbocycles. The van der Waals surface area contributed by atoms with Gasteiger partial charge in [0, 0.05) is 16.1 Å². The van der Waals surface area contributed by atoms with Gasteiger partial charge in [-0.15, -0.1) is 0 Å². The number of nitrogens with one attached hydrogen (secondary N) is 1. The molecule has 0 aliphatic carbocycles. The van der Waals surface area contributed by atoms with Crippen LogP contribution in [0.5, 0.6) is 0 Å². The van der Waals surface area contributed by atoms with Gasteiger partial charge in [-0.05, 0) is 39.1 Å². The zero-order valence-corrected chi connectivity index (χ0v) is 12.8. The summed E-state index contributed by atoms with van der Waals surface area (Å²) in [5.41, 5.74) is 3.08. The first-order valence-corrected chi connectivity index (χ1v) is 6.89. The van der Waals surface area contributed by atoms with Crippen molar-refractivity contribution in [3.63, 3.8) is 0 Å². The highest BCUT2D eigenvalue weighted by Crippen LogP contribution is 2.36. The van der Waals surface area contributed by atoms with Crippen molar-refractivity contribution in [3.05, 3.63) is 34.6 Å². The molecule has 1 rings (SSSR count). The van der Waals surface area contributed by atoms with Crippen LogP contribution in [0.1, 0.15) is 38.3 Å². The second kappa shape index (κ2) is 6.66. The Kier molecular flexibility index (Phi) is 5.74. The zero-order chi connectivity index (χ0) is 14.6. The van der Waals surface area contributed by atoms with Crippen molar-refractivity contribution >= 4 is 11.6 Å². The highest BCUT2D eigenvalue weighted by molar-refractivity contribution is 6.30. The largest absolute Gasteiger partial charge is 0.302 e. The minimum absolute atomic E-state index is 0.247. The fraction of sp³-hybridized carbons (Fsp3) is 0.571. The quantitative estimate of drug-likeness (QED) is 0.624. The lowest BCUT2D eigenvalue weighted by atomic mass is 9.80. The summed E-state index contributed by atoms with van der Waals surface area (Å²) in [6, 6.07) is 4.42. The Morgan fingerprint density at radius 3 is 2.32 bits per heavy atom. The van der Waals surface area contributed by atoms with Crippen molar-refractivity contribution in [1.29, 1.82) is 0 Å². The van der Waals surface area contributed by atoms with E-state index in [1.807, 2.05) is 14.1 Å². The maximum Gasteiger partial charge on any atom is 0.129 e. The molecule has 1 atom stereocenters. The number of likely N-dealkylation sites (N-methyl/N-ethyl adjacent to an activating group) is 1. The van der Waals surface area contributed by atoms with E-state index < -0.39 is 0 Å². The van der Waals surface area contributed by atoms with Gasteiger partial charge in [0.05, 0.1) is 6.04 Å². The summed E-state index contributed by atoms with van der Waals surface area (Å²) in [5, 5.41) is 0.389. The van der Waals surface area contributed by atoms with E-state index >= 15 is 0 Å². The number of halogens is 2. The smallest absolute Gasteiger partial charge is 0.129 e. The van der Waals surface area contributed by atoms with Crippen molar-refractivity contribution in [2.45, 2.75) is 38.3 Å². The third-order valence-electron chi connectivity index (χ3n) is 4.09. The first-order chi connectivity index (χ1) is 8.92. The van der Waals surface area contributed by atoms with E-state index in [0.29, 0.717) is 10.6 Å². The number of hydrazine groups is 1. The first-order valence-electron chi connectivity index (χ1n) is 6.51. The lowest BCUT2D eigenvalue weighted by Gasteiger charge is -2.45. The van der Waals surface area contributed by atoms with E-state index in [0.717, 1.165) is 12.8 Å². The Labute approximate surface area is 119 Å². The summed E-state index contributed by atoms with van der Waals surface area (Å²) < 4.78 is 14.2. The Hall–Kier alpha value is -0.680. The number of nitrogens with two attached hydrogens (primary N) is 1. The van der Waals surface area contributed by atoms with Gasteiger partial charge in [0.2, 0.25) is 0 Å². The van der Waals surface area contributed by atoms with Crippen LogP contribution in [0, 0.1) is 5.82 Å². The van der Waals surface area contributed by atoms with Crippen LogP contribution in [0.25, 0.3) is 0 Å². The molecule has 1 aromatic rings. The molecule has 0 spiro atoms. The van der Waals surface area contributed by atoms with Crippen molar-refractivity contribution in [1.82, 2.24) is 10.3 Å². The monoisotopic (exact) mass is 287 g/mol. The summed E-state index contributed by atoms with van der Waals surface area (Å²) >= 11 is 5.81. The van der Waals surface area contributed by atoms with Gasteiger partial charge in [-0.2, -0.15) is 0 Å². The average Bonchev–Trinajstić information content (AvgIpc) is 2.37. The molecular weight excluding hydrogens is 265 g/mol. The number of benzene rings is 1. The second-order valence-corrected chi connectivity index (χ2v) is 5.41. The Morgan fingerprint density at radius 2 is 1.95 bits per heavy atom. The number of hydrogen-bond donors (Lipinski definition) is 2. The van der Waals surface area contributed by atoms with Crippen molar-refractivity contribution < 1.29 is 4.39 Å². The van der Waals surface area contributed by atoms with E-state index in [9.17, 15) is 4.39 Å². The number of rotatable bonds is 6. The first kappa shape index (κ1) is 16.4. The standard InChI is InChI=1S/C14H23ClFN3/c1-5-14(6-2,19(3)4)13(18-17)11-8-7-10(15)9-12(11)16/h7-9,13,18H,5-6,17H2,1-4H3. The normalized spacial score (nSPS) is 13.9. The molecule has 0 fully saturated rings. The minimum Gasteiger partial charge on any atom is -0.302 e. The van der Waals surface area contributed by atoms with Gasteiger partial charge in [0.1, 0.15) is 5.82 Å². The molecule has 0 heterocycles. The van der Waals surface area contributed by atoms with Crippen LogP contribution >= 0.6 is 11.6 Å². The summed E-state index contributed by atoms with van der Waals surface area (Å²) in [6.45, 7) is 4.17. The molecule has 0 saturated heterocycles. The summed E-state index contributed by atoms with van der Waals surface area (Å²) in [7, 11) is 3.98. The third-order valence-corrected chi connectivity index (χ3v) is 4.33. The summed E-state index contributed by atoms with van der Waals surface area (Å²) in [4.78, 5) is 2.10. The second-order valence-electron chi connectivity index (χ2n) is 4.97. The van der Waals surface area contributed by atoms with E-state index in [4.69, 9.17) is 17.4 Å². The molecule has 1 unspecified atom stereocenters. The average molecular weight is 288 g/mol. The van der Waals surface area contributed by atoms with E-state index in [-0.39, 0.29) is 17.4 Å². The molecule has 0 amide bonds. The number of hydrogen-bond acceptors (Lipinski definition) is 3. The third kappa shape index (κ3) is 3.08. The van der Waals surface area contributed by atoms with Crippen LogP contribution in [0.3, 0.4) is 0 Å². The molecule has 5 heteroatoms. The van der Waals surface area contributed by atoms with Crippen LogP contribution in [0.2, 0.25) is 5.02 Å². The van der Waals surface area contributed by atoms with Crippen molar-refractivity contribution in [3.8, 4) is 0 Å². The molecule has 0 aromatic heterocycles. The van der Waals surface area contributed by atoms with Crippen LogP contribution in [0.4, 0.5) is 4.39 Å². The van der Waals surface area contributed by atoms with E-state index in [1.54, 1.807) is 12.1 Å². The van der Waals surface area contributed by atoms with Gasteiger partial charge in [0.15, 0.2) is 0 Å². The maximum atomic E-state index is 14.2. The molecule has 3 N–H and O–H groups in total. The van der Waals surface area contributed by atoms with Crippen LogP contribution < -0.4 is 11.3 Å². The molecule has 0 radical (unpaired) electrons. The molecule has 19 heavy (non-hydrogen) atoms. The molecule has 0 aliphatic rings. The van der Waals surface area contributed by atoms with Gasteiger partial charge < -0.3 is 4.90 Å². The van der Waals surface area contributed by atoms with E-state index in [2.05, 4.69) is 24.2 Å². The molecule has 0 bridgehead atoms. The maximum absolute atomic E-state index is 14.2. The summed E-state index contributed by atoms with van der Waals surface area (Å²) in [6.07, 6.45) is 1.71. The van der Waals surface area contributed by atoms with Crippen LogP contribution in [-0.4, -0.2) is 24.5 Å². The topological polar surface area (TPSA) is 41.3 Å². The van der Waals surface area contributed by atoms with Gasteiger partial charge in [0.25, 0.3) is 0 Å². The molecular formula is C14H23ClFN3. The molecule has 0 aliphatic heterocycles. The van der Waals surface area contributed by atoms with Gasteiger partial charge >= 0.3 is 0 Å². The minimum atomic E-state index is -0.330. The Bertz CT molecular complexity index is 419. The molecule has 108 valence electrons. The molecule has 1 aromatic carbocycles. The van der Waals surface area contributed by atoms with Crippen molar-refractivity contribution in [2.24, 2.45) is 5.84 Å². The van der Waals surface area contributed by atoms with Crippen LogP contribution in [0.15, 0.2) is 18.2 Å².